The highest BCUT2D eigenvalue weighted by molar-refractivity contribution is 7.55. The van der Waals surface area contributed by atoms with Crippen LogP contribution in [0, 0.1) is 0 Å². The maximum atomic E-state index is 13.2. The third kappa shape index (κ3) is 21.3. The molecule has 3 aliphatic carbocycles. The molecule has 83 heavy (non-hydrogen) atoms. The zero-order valence-electron chi connectivity index (χ0n) is 51.4. The number of benzene rings is 3. The molecule has 0 radical (unpaired) electrons. The van der Waals surface area contributed by atoms with E-state index in [0.29, 0.717) is 58.5 Å². The molecule has 11 heteroatoms. The summed E-state index contributed by atoms with van der Waals surface area (Å²) in [7, 11) is -3.82. The summed E-state index contributed by atoms with van der Waals surface area (Å²) in [5.74, 6) is 2.68. The summed E-state index contributed by atoms with van der Waals surface area (Å²) in [4.78, 5) is 57.0. The molecule has 0 aromatic heterocycles. The number of nitrogens with zero attached hydrogens (tertiary/aromatic N) is 3. The molecule has 10 nitrogen and oxygen atoms in total. The Labute approximate surface area is 503 Å². The first kappa shape index (κ1) is 63.8. The van der Waals surface area contributed by atoms with Gasteiger partial charge in [0.25, 0.3) is 0 Å². The molecule has 3 aliphatic heterocycles. The van der Waals surface area contributed by atoms with E-state index < -0.39 is 26.5 Å². The first-order valence-electron chi connectivity index (χ1n) is 34.5. The first-order valence-corrected chi connectivity index (χ1v) is 36.0. The Balaban J connectivity index is 0.629. The second-order valence-electron chi connectivity index (χ2n) is 26.6. The largest absolute Gasteiger partial charge is 0.573 e. The molecule has 6 aliphatic rings. The SMILES string of the molecule is O=C(CCCCCCCCc1ccc(C2CCCCC2)cc1)N1CC(O[P+](O)(OC2CN(C(=O)CCCCCCCCc3ccc(C4CCCCC4)cc3)C2)OC2CN(C(=O)CCCCCCCCc3ccc(C4CCCCC4)cc3)C2)C1. The Kier molecular flexibility index (Phi) is 26.6. The van der Waals surface area contributed by atoms with Gasteiger partial charge in [0.15, 0.2) is 0 Å². The third-order valence-electron chi connectivity index (χ3n) is 19.9. The van der Waals surface area contributed by atoms with E-state index in [1.165, 1.54) is 187 Å². The number of hydrogen-bond acceptors (Lipinski definition) is 7. The fraction of sp³-hybridized carbons (Fsp3) is 0.708. The third-order valence-corrected chi connectivity index (χ3v) is 21.6. The van der Waals surface area contributed by atoms with Crippen molar-refractivity contribution in [3.8, 4) is 0 Å². The van der Waals surface area contributed by atoms with Gasteiger partial charge in [-0.2, -0.15) is 4.89 Å². The van der Waals surface area contributed by atoms with Crippen LogP contribution in [0.4, 0.5) is 0 Å². The number of rotatable bonds is 36. The summed E-state index contributed by atoms with van der Waals surface area (Å²) < 4.78 is 18.8. The molecule has 0 atom stereocenters. The van der Waals surface area contributed by atoms with Crippen molar-refractivity contribution < 1.29 is 32.8 Å². The van der Waals surface area contributed by atoms with Gasteiger partial charge in [0.1, 0.15) is 18.3 Å². The summed E-state index contributed by atoms with van der Waals surface area (Å²) in [6.07, 6.45) is 44.5. The van der Waals surface area contributed by atoms with E-state index in [-0.39, 0.29) is 17.7 Å². The summed E-state index contributed by atoms with van der Waals surface area (Å²) >= 11 is 0. The molecular weight excluding hydrogens is 1050 g/mol. The van der Waals surface area contributed by atoms with Gasteiger partial charge in [-0.3, -0.25) is 14.4 Å². The van der Waals surface area contributed by atoms with Crippen molar-refractivity contribution in [3.63, 3.8) is 0 Å². The van der Waals surface area contributed by atoms with E-state index in [4.69, 9.17) is 13.6 Å². The topological polar surface area (TPSA) is 109 Å². The van der Waals surface area contributed by atoms with Crippen molar-refractivity contribution >= 4 is 25.9 Å². The molecular formula is C72H109N3O7P+. The van der Waals surface area contributed by atoms with Gasteiger partial charge in [-0.25, -0.2) is 0 Å². The minimum absolute atomic E-state index is 0.128. The van der Waals surface area contributed by atoms with Crippen LogP contribution in [-0.4, -0.2) is 94.9 Å². The lowest BCUT2D eigenvalue weighted by Gasteiger charge is -2.42. The van der Waals surface area contributed by atoms with E-state index >= 15 is 0 Å². The fourth-order valence-electron chi connectivity index (χ4n) is 14.4. The Morgan fingerprint density at radius 2 is 0.566 bits per heavy atom. The normalized spacial score (nSPS) is 19.0. The van der Waals surface area contributed by atoms with Crippen molar-refractivity contribution in [1.82, 2.24) is 14.7 Å². The van der Waals surface area contributed by atoms with Crippen LogP contribution >= 0.6 is 8.17 Å². The summed E-state index contributed by atoms with van der Waals surface area (Å²) in [6, 6.07) is 28.4. The minimum atomic E-state index is -3.82. The van der Waals surface area contributed by atoms with Gasteiger partial charge >= 0.3 is 8.17 Å². The first-order chi connectivity index (χ1) is 40.7. The predicted octanol–water partition coefficient (Wildman–Crippen LogP) is 17.4. The summed E-state index contributed by atoms with van der Waals surface area (Å²) in [5, 5.41) is 0. The number of carbonyl (C=O) groups excluding carboxylic acids is 3. The highest BCUT2D eigenvalue weighted by Gasteiger charge is 2.57. The molecule has 0 unspecified atom stereocenters. The van der Waals surface area contributed by atoms with Crippen LogP contribution < -0.4 is 0 Å². The Morgan fingerprint density at radius 1 is 0.337 bits per heavy atom. The molecule has 458 valence electrons. The van der Waals surface area contributed by atoms with E-state index in [1.807, 2.05) is 14.7 Å². The van der Waals surface area contributed by atoms with Gasteiger partial charge in [0.05, 0.1) is 39.3 Å². The van der Waals surface area contributed by atoms with Crippen LogP contribution in [0.3, 0.4) is 0 Å². The van der Waals surface area contributed by atoms with Crippen LogP contribution in [0.2, 0.25) is 0 Å². The quantitative estimate of drug-likeness (QED) is 0.0456. The molecule has 3 aromatic rings. The average Bonchev–Trinajstić information content (AvgIpc) is 3.60. The number of hydrogen-bond donors (Lipinski definition) is 1. The van der Waals surface area contributed by atoms with Gasteiger partial charge in [0, 0.05) is 19.3 Å². The number of carbonyl (C=O) groups is 3. The zero-order chi connectivity index (χ0) is 57.3. The van der Waals surface area contributed by atoms with E-state index in [1.54, 1.807) is 0 Å². The lowest BCUT2D eigenvalue weighted by molar-refractivity contribution is -0.149. The lowest BCUT2D eigenvalue weighted by Crippen LogP contribution is -2.58. The number of amides is 3. The standard InChI is InChI=1S/C72H109N3O7P/c76-70(37-25-10-4-1-7-16-28-58-40-46-64(47-41-58)61-31-19-13-20-32-61)73-52-67(53-73)80-83(79,81-68-54-74(55-68)71(77)38-26-11-5-2-8-17-29-59-42-48-65(49-43-59)62-33-21-14-22-34-62)82-69-56-75(57-69)72(78)39-27-12-6-3-9-18-30-60-44-50-66(51-45-60)63-35-23-15-24-36-63/h40-51,61-63,67-69,79H,1-39,52-57H2/q+1. The highest BCUT2D eigenvalue weighted by atomic mass is 31.2. The monoisotopic (exact) mass is 1160 g/mol. The Bertz CT molecular complexity index is 2070. The minimum Gasteiger partial charge on any atom is -0.337 e. The van der Waals surface area contributed by atoms with Gasteiger partial charge in [-0.1, -0.05) is 208 Å². The molecule has 6 fully saturated rings. The van der Waals surface area contributed by atoms with E-state index in [9.17, 15) is 19.3 Å². The molecule has 3 saturated heterocycles. The lowest BCUT2D eigenvalue weighted by atomic mass is 9.84. The molecule has 0 bridgehead atoms. The average molecular weight is 1160 g/mol. The maximum Gasteiger partial charge on any atom is 0.573 e. The smallest absolute Gasteiger partial charge is 0.337 e. The Hall–Kier alpha value is -3.66. The molecule has 3 saturated carbocycles. The van der Waals surface area contributed by atoms with Crippen LogP contribution in [0.15, 0.2) is 72.8 Å². The van der Waals surface area contributed by atoms with Gasteiger partial charge < -0.3 is 14.7 Å². The van der Waals surface area contributed by atoms with Crippen molar-refractivity contribution in [3.05, 3.63) is 106 Å². The maximum absolute atomic E-state index is 13.2. The van der Waals surface area contributed by atoms with Crippen molar-refractivity contribution in [1.29, 1.82) is 0 Å². The molecule has 1 N–H and O–H groups in total. The summed E-state index contributed by atoms with van der Waals surface area (Å²) in [6.45, 7) is 2.35. The van der Waals surface area contributed by atoms with E-state index in [2.05, 4.69) is 72.8 Å². The van der Waals surface area contributed by atoms with Crippen LogP contribution in [-0.2, 0) is 47.2 Å². The molecule has 3 amide bonds. The van der Waals surface area contributed by atoms with Gasteiger partial charge in [0.2, 0.25) is 17.7 Å². The second kappa shape index (κ2) is 34.6. The number of likely N-dealkylation sites (tertiary alicyclic amines) is 3. The van der Waals surface area contributed by atoms with Crippen molar-refractivity contribution in [2.75, 3.05) is 39.3 Å². The van der Waals surface area contributed by atoms with Gasteiger partial charge in [-0.05, 0) is 147 Å². The predicted molar refractivity (Wildman–Crippen MR) is 338 cm³/mol. The molecule has 9 rings (SSSR count). The molecule has 3 heterocycles. The number of aryl methyl sites for hydroxylation is 3. The summed E-state index contributed by atoms with van der Waals surface area (Å²) in [5.41, 5.74) is 8.95. The van der Waals surface area contributed by atoms with Crippen LogP contribution in [0.5, 0.6) is 0 Å². The molecule has 0 spiro atoms. The zero-order valence-corrected chi connectivity index (χ0v) is 52.3. The van der Waals surface area contributed by atoms with Crippen molar-refractivity contribution in [2.45, 2.75) is 286 Å². The van der Waals surface area contributed by atoms with Gasteiger partial charge in [-0.15, -0.1) is 13.6 Å². The molecule has 3 aromatic carbocycles. The number of unbranched alkanes of at least 4 members (excludes halogenated alkanes) is 15. The second-order valence-corrected chi connectivity index (χ2v) is 28.2. The fourth-order valence-corrected chi connectivity index (χ4v) is 16.0. The van der Waals surface area contributed by atoms with Crippen LogP contribution in [0.1, 0.15) is 282 Å². The van der Waals surface area contributed by atoms with E-state index in [0.717, 1.165) is 94.8 Å². The Morgan fingerprint density at radius 3 is 0.819 bits per heavy atom. The van der Waals surface area contributed by atoms with Crippen LogP contribution in [0.25, 0.3) is 0 Å². The highest BCUT2D eigenvalue weighted by Crippen LogP contribution is 2.62. The van der Waals surface area contributed by atoms with Crippen molar-refractivity contribution in [2.24, 2.45) is 0 Å².